The maximum Gasteiger partial charge on any atom is 0.214 e. The smallest absolute Gasteiger partial charge is 0.214 e. The Kier molecular flexibility index (Phi) is 4.72. The third-order valence-corrected chi connectivity index (χ3v) is 4.27. The summed E-state index contributed by atoms with van der Waals surface area (Å²) in [6.45, 7) is 3.67. The Morgan fingerprint density at radius 2 is 2.06 bits per heavy atom. The highest BCUT2D eigenvalue weighted by Crippen LogP contribution is 2.18. The topological polar surface area (TPSA) is 57.6 Å². The van der Waals surface area contributed by atoms with Gasteiger partial charge in [0.2, 0.25) is 10.0 Å². The normalized spacial score (nSPS) is 11.6. The van der Waals surface area contributed by atoms with E-state index in [-0.39, 0.29) is 18.0 Å². The second kappa shape index (κ2) is 5.84. The van der Waals surface area contributed by atoms with Crippen molar-refractivity contribution in [3.63, 3.8) is 0 Å². The van der Waals surface area contributed by atoms with E-state index in [1.807, 2.05) is 0 Å². The lowest BCUT2D eigenvalue weighted by molar-refractivity contribution is 0.436. The molecule has 0 aromatic heterocycles. The molecule has 0 aliphatic heterocycles. The number of rotatable bonds is 6. The van der Waals surface area contributed by atoms with E-state index >= 15 is 0 Å². The van der Waals surface area contributed by atoms with Gasteiger partial charge in [-0.05, 0) is 12.5 Å². The van der Waals surface area contributed by atoms with Gasteiger partial charge in [0.1, 0.15) is 5.75 Å². The van der Waals surface area contributed by atoms with Crippen molar-refractivity contribution in [3.05, 3.63) is 42.5 Å². The van der Waals surface area contributed by atoms with Crippen LogP contribution in [0.2, 0.25) is 0 Å². The van der Waals surface area contributed by atoms with E-state index in [4.69, 9.17) is 0 Å². The molecule has 0 heterocycles. The zero-order valence-corrected chi connectivity index (χ0v) is 10.7. The standard InChI is InChI=1S/C12H17NO3S/c1-3-4-9-17(15,16)13(2)10-11-7-5-6-8-12(11)14/h3,5-8,14H,1,4,9-10H2,2H3. The van der Waals surface area contributed by atoms with Gasteiger partial charge < -0.3 is 5.11 Å². The SMILES string of the molecule is C=CCCS(=O)(=O)N(C)Cc1ccccc1O. The van der Waals surface area contributed by atoms with Crippen molar-refractivity contribution in [2.45, 2.75) is 13.0 Å². The van der Waals surface area contributed by atoms with Gasteiger partial charge in [-0.1, -0.05) is 24.3 Å². The van der Waals surface area contributed by atoms with Crippen LogP contribution in [-0.4, -0.2) is 30.6 Å². The molecule has 0 aliphatic carbocycles. The number of allylic oxidation sites excluding steroid dienone is 1. The molecule has 17 heavy (non-hydrogen) atoms. The van der Waals surface area contributed by atoms with Crippen LogP contribution in [0.25, 0.3) is 0 Å². The van der Waals surface area contributed by atoms with E-state index in [2.05, 4.69) is 6.58 Å². The Labute approximate surface area is 102 Å². The van der Waals surface area contributed by atoms with Crippen molar-refractivity contribution in [1.82, 2.24) is 4.31 Å². The van der Waals surface area contributed by atoms with E-state index in [0.29, 0.717) is 12.0 Å². The second-order valence-corrected chi connectivity index (χ2v) is 5.97. The minimum atomic E-state index is -3.29. The van der Waals surface area contributed by atoms with Crippen molar-refractivity contribution in [2.75, 3.05) is 12.8 Å². The molecule has 0 aliphatic rings. The molecule has 0 unspecified atom stereocenters. The summed E-state index contributed by atoms with van der Waals surface area (Å²) in [6, 6.07) is 6.71. The molecule has 1 N–H and O–H groups in total. The van der Waals surface area contributed by atoms with Crippen LogP contribution in [0.1, 0.15) is 12.0 Å². The highest BCUT2D eigenvalue weighted by atomic mass is 32.2. The molecule has 0 bridgehead atoms. The summed E-state index contributed by atoms with van der Waals surface area (Å²) in [5.41, 5.74) is 0.595. The molecule has 94 valence electrons. The first kappa shape index (κ1) is 13.7. The summed E-state index contributed by atoms with van der Waals surface area (Å²) in [5, 5.41) is 9.56. The number of para-hydroxylation sites is 1. The largest absolute Gasteiger partial charge is 0.508 e. The van der Waals surface area contributed by atoms with Gasteiger partial charge in [-0.3, -0.25) is 0 Å². The summed E-state index contributed by atoms with van der Waals surface area (Å²) in [7, 11) is -1.78. The summed E-state index contributed by atoms with van der Waals surface area (Å²) in [4.78, 5) is 0. The zero-order chi connectivity index (χ0) is 12.9. The lowest BCUT2D eigenvalue weighted by atomic mass is 10.2. The van der Waals surface area contributed by atoms with E-state index < -0.39 is 10.0 Å². The van der Waals surface area contributed by atoms with Crippen LogP contribution >= 0.6 is 0 Å². The third kappa shape index (κ3) is 3.87. The number of phenolic OH excluding ortho intramolecular Hbond substituents is 1. The summed E-state index contributed by atoms with van der Waals surface area (Å²) in [6.07, 6.45) is 2.00. The van der Waals surface area contributed by atoms with Crippen LogP contribution < -0.4 is 0 Å². The van der Waals surface area contributed by atoms with Crippen molar-refractivity contribution >= 4 is 10.0 Å². The summed E-state index contributed by atoms with van der Waals surface area (Å²) < 4.78 is 24.8. The molecule has 0 saturated carbocycles. The monoisotopic (exact) mass is 255 g/mol. The Balaban J connectivity index is 2.75. The Morgan fingerprint density at radius 1 is 1.41 bits per heavy atom. The van der Waals surface area contributed by atoms with Gasteiger partial charge >= 0.3 is 0 Å². The first-order valence-corrected chi connectivity index (χ1v) is 6.90. The second-order valence-electron chi connectivity index (χ2n) is 3.78. The Bertz CT molecular complexity index is 482. The maximum atomic E-state index is 11.8. The molecule has 0 atom stereocenters. The van der Waals surface area contributed by atoms with Crippen LogP contribution in [0.5, 0.6) is 5.75 Å². The van der Waals surface area contributed by atoms with E-state index in [1.54, 1.807) is 30.3 Å². The first-order chi connectivity index (χ1) is 7.97. The van der Waals surface area contributed by atoms with Crippen molar-refractivity contribution in [1.29, 1.82) is 0 Å². The van der Waals surface area contributed by atoms with Crippen molar-refractivity contribution in [3.8, 4) is 5.75 Å². The molecule has 0 amide bonds. The minimum Gasteiger partial charge on any atom is -0.508 e. The van der Waals surface area contributed by atoms with E-state index in [9.17, 15) is 13.5 Å². The molecule has 0 fully saturated rings. The average molecular weight is 255 g/mol. The van der Waals surface area contributed by atoms with Crippen LogP contribution in [0.4, 0.5) is 0 Å². The Hall–Kier alpha value is -1.33. The molecule has 0 spiro atoms. The number of aromatic hydroxyl groups is 1. The van der Waals surface area contributed by atoms with Gasteiger partial charge in [0, 0.05) is 19.2 Å². The van der Waals surface area contributed by atoms with E-state index in [1.165, 1.54) is 11.4 Å². The van der Waals surface area contributed by atoms with E-state index in [0.717, 1.165) is 0 Å². The number of hydrogen-bond donors (Lipinski definition) is 1. The molecule has 4 nitrogen and oxygen atoms in total. The number of benzene rings is 1. The number of phenols is 1. The summed E-state index contributed by atoms with van der Waals surface area (Å²) >= 11 is 0. The molecule has 0 saturated heterocycles. The summed E-state index contributed by atoms with van der Waals surface area (Å²) in [5.74, 6) is 0.152. The first-order valence-electron chi connectivity index (χ1n) is 5.29. The van der Waals surface area contributed by atoms with Crippen LogP contribution in [0, 0.1) is 0 Å². The zero-order valence-electron chi connectivity index (χ0n) is 9.83. The molecule has 1 aromatic carbocycles. The van der Waals surface area contributed by atoms with Gasteiger partial charge in [-0.15, -0.1) is 6.58 Å². The maximum absolute atomic E-state index is 11.8. The quantitative estimate of drug-likeness (QED) is 0.788. The highest BCUT2D eigenvalue weighted by molar-refractivity contribution is 7.89. The fourth-order valence-electron chi connectivity index (χ4n) is 1.37. The van der Waals surface area contributed by atoms with Gasteiger partial charge in [-0.2, -0.15) is 0 Å². The average Bonchev–Trinajstić information content (AvgIpc) is 2.29. The fourth-order valence-corrected chi connectivity index (χ4v) is 2.48. The lowest BCUT2D eigenvalue weighted by Crippen LogP contribution is -2.28. The molecular formula is C12H17NO3S. The van der Waals surface area contributed by atoms with Crippen LogP contribution in [-0.2, 0) is 16.6 Å². The predicted molar refractivity (Wildman–Crippen MR) is 68.2 cm³/mol. The minimum absolute atomic E-state index is 0.0423. The molecule has 1 aromatic rings. The van der Waals surface area contributed by atoms with Gasteiger partial charge in [-0.25, -0.2) is 12.7 Å². The highest BCUT2D eigenvalue weighted by Gasteiger charge is 2.17. The van der Waals surface area contributed by atoms with Gasteiger partial charge in [0.05, 0.1) is 5.75 Å². The Morgan fingerprint density at radius 3 is 2.65 bits per heavy atom. The molecule has 0 radical (unpaired) electrons. The van der Waals surface area contributed by atoms with Crippen molar-refractivity contribution < 1.29 is 13.5 Å². The van der Waals surface area contributed by atoms with Crippen molar-refractivity contribution in [2.24, 2.45) is 0 Å². The third-order valence-electron chi connectivity index (χ3n) is 2.44. The fraction of sp³-hybridized carbons (Fsp3) is 0.333. The number of sulfonamides is 1. The van der Waals surface area contributed by atoms with Crippen LogP contribution in [0.15, 0.2) is 36.9 Å². The lowest BCUT2D eigenvalue weighted by Gasteiger charge is -2.17. The predicted octanol–water partition coefficient (Wildman–Crippen LogP) is 1.73. The molecule has 5 heteroatoms. The number of nitrogens with zero attached hydrogens (tertiary/aromatic N) is 1. The van der Waals surface area contributed by atoms with Gasteiger partial charge in [0.25, 0.3) is 0 Å². The number of hydrogen-bond acceptors (Lipinski definition) is 3. The molecule has 1 rings (SSSR count). The van der Waals surface area contributed by atoms with Gasteiger partial charge in [0.15, 0.2) is 0 Å². The molecular weight excluding hydrogens is 238 g/mol. The van der Waals surface area contributed by atoms with Crippen LogP contribution in [0.3, 0.4) is 0 Å².